The van der Waals surface area contributed by atoms with Crippen molar-refractivity contribution in [2.24, 2.45) is 5.92 Å². The SMILES string of the molecule is CC1C(=O)NC(C2CC2)C(=O)N1CCOCC(F)F. The Bertz CT molecular complexity index is 361. The van der Waals surface area contributed by atoms with Crippen LogP contribution in [0.15, 0.2) is 0 Å². The normalized spacial score (nSPS) is 27.9. The molecule has 1 saturated heterocycles. The lowest BCUT2D eigenvalue weighted by Crippen LogP contribution is -2.63. The lowest BCUT2D eigenvalue weighted by Gasteiger charge is -2.37. The highest BCUT2D eigenvalue weighted by Crippen LogP contribution is 2.34. The molecule has 1 heterocycles. The van der Waals surface area contributed by atoms with Crippen LogP contribution in [0.3, 0.4) is 0 Å². The van der Waals surface area contributed by atoms with Gasteiger partial charge in [-0.2, -0.15) is 0 Å². The average molecular weight is 276 g/mol. The molecule has 2 aliphatic rings. The highest BCUT2D eigenvalue weighted by Gasteiger charge is 2.45. The van der Waals surface area contributed by atoms with E-state index in [9.17, 15) is 18.4 Å². The summed E-state index contributed by atoms with van der Waals surface area (Å²) in [6, 6.07) is -1.02. The zero-order valence-corrected chi connectivity index (χ0v) is 10.8. The predicted octanol–water partition coefficient (Wildman–Crippen LogP) is 0.394. The molecule has 0 spiro atoms. The first-order chi connectivity index (χ1) is 9.00. The molecule has 108 valence electrons. The average Bonchev–Trinajstić information content (AvgIpc) is 3.16. The van der Waals surface area contributed by atoms with Crippen LogP contribution in [0.25, 0.3) is 0 Å². The van der Waals surface area contributed by atoms with Gasteiger partial charge in [-0.1, -0.05) is 0 Å². The minimum atomic E-state index is -2.52. The zero-order chi connectivity index (χ0) is 14.0. The Labute approximate surface area is 110 Å². The summed E-state index contributed by atoms with van der Waals surface area (Å²) in [5, 5.41) is 2.73. The number of alkyl halides is 2. The van der Waals surface area contributed by atoms with Gasteiger partial charge in [0.05, 0.1) is 6.61 Å². The Kier molecular flexibility index (Phi) is 4.34. The molecule has 0 aromatic carbocycles. The highest BCUT2D eigenvalue weighted by atomic mass is 19.3. The van der Waals surface area contributed by atoms with Gasteiger partial charge in [-0.15, -0.1) is 0 Å². The molecular weight excluding hydrogens is 258 g/mol. The van der Waals surface area contributed by atoms with Gasteiger partial charge in [0, 0.05) is 6.54 Å². The standard InChI is InChI=1S/C12H18F2N2O3/c1-7-11(17)15-10(8-2-3-8)12(18)16(7)4-5-19-6-9(13)14/h7-10H,2-6H2,1H3,(H,15,17). The molecule has 7 heteroatoms. The smallest absolute Gasteiger partial charge is 0.261 e. The van der Waals surface area contributed by atoms with Crippen LogP contribution in [0, 0.1) is 5.92 Å². The molecule has 0 bridgehead atoms. The molecule has 2 amide bonds. The Morgan fingerprint density at radius 2 is 2.11 bits per heavy atom. The lowest BCUT2D eigenvalue weighted by molar-refractivity contribution is -0.150. The topological polar surface area (TPSA) is 58.6 Å². The van der Waals surface area contributed by atoms with Crippen LogP contribution in [0.2, 0.25) is 0 Å². The molecule has 1 saturated carbocycles. The van der Waals surface area contributed by atoms with Gasteiger partial charge in [0.1, 0.15) is 18.7 Å². The van der Waals surface area contributed by atoms with E-state index in [2.05, 4.69) is 5.32 Å². The van der Waals surface area contributed by atoms with Crippen LogP contribution in [-0.2, 0) is 14.3 Å². The fourth-order valence-corrected chi connectivity index (χ4v) is 2.23. The number of amides is 2. The summed E-state index contributed by atoms with van der Waals surface area (Å²) in [6.45, 7) is 1.17. The summed E-state index contributed by atoms with van der Waals surface area (Å²) in [5.41, 5.74) is 0. The minimum Gasteiger partial charge on any atom is -0.374 e. The number of nitrogens with zero attached hydrogens (tertiary/aromatic N) is 1. The summed E-state index contributed by atoms with van der Waals surface area (Å²) in [4.78, 5) is 25.4. The van der Waals surface area contributed by atoms with Crippen molar-refractivity contribution < 1.29 is 23.1 Å². The molecule has 2 rings (SSSR count). The van der Waals surface area contributed by atoms with Crippen molar-refractivity contribution in [1.29, 1.82) is 0 Å². The van der Waals surface area contributed by atoms with E-state index in [0.717, 1.165) is 12.8 Å². The zero-order valence-electron chi connectivity index (χ0n) is 10.8. The fourth-order valence-electron chi connectivity index (χ4n) is 2.23. The number of hydrogen-bond donors (Lipinski definition) is 1. The molecule has 1 N–H and O–H groups in total. The molecule has 0 aromatic rings. The van der Waals surface area contributed by atoms with Gasteiger partial charge in [-0.05, 0) is 25.7 Å². The fraction of sp³-hybridized carbons (Fsp3) is 0.833. The largest absolute Gasteiger partial charge is 0.374 e. The second-order valence-electron chi connectivity index (χ2n) is 5.00. The number of halogens is 2. The van der Waals surface area contributed by atoms with E-state index in [1.165, 1.54) is 4.90 Å². The Morgan fingerprint density at radius 3 is 2.68 bits per heavy atom. The molecule has 19 heavy (non-hydrogen) atoms. The third-order valence-corrected chi connectivity index (χ3v) is 3.51. The van der Waals surface area contributed by atoms with E-state index in [0.29, 0.717) is 0 Å². The number of rotatable bonds is 6. The molecule has 2 fully saturated rings. The summed E-state index contributed by atoms with van der Waals surface area (Å²) >= 11 is 0. The van der Waals surface area contributed by atoms with Crippen molar-refractivity contribution in [2.75, 3.05) is 19.8 Å². The summed E-state index contributed by atoms with van der Waals surface area (Å²) in [7, 11) is 0. The molecular formula is C12H18F2N2O3. The maximum Gasteiger partial charge on any atom is 0.261 e. The third kappa shape index (κ3) is 3.40. The number of hydrogen-bond acceptors (Lipinski definition) is 3. The third-order valence-electron chi connectivity index (χ3n) is 3.51. The maximum absolute atomic E-state index is 12.2. The monoisotopic (exact) mass is 276 g/mol. The van der Waals surface area contributed by atoms with Crippen molar-refractivity contribution in [3.8, 4) is 0 Å². The first kappa shape index (κ1) is 14.2. The van der Waals surface area contributed by atoms with Gasteiger partial charge in [0.25, 0.3) is 6.43 Å². The second kappa shape index (κ2) is 5.81. The molecule has 0 radical (unpaired) electrons. The van der Waals surface area contributed by atoms with Crippen LogP contribution in [0.1, 0.15) is 19.8 Å². The number of nitrogens with one attached hydrogen (secondary N) is 1. The summed E-state index contributed by atoms with van der Waals surface area (Å²) in [6.07, 6.45) is -0.626. The van der Waals surface area contributed by atoms with E-state index < -0.39 is 25.1 Å². The van der Waals surface area contributed by atoms with Gasteiger partial charge in [-0.3, -0.25) is 9.59 Å². The van der Waals surface area contributed by atoms with Gasteiger partial charge in [0.2, 0.25) is 11.8 Å². The van der Waals surface area contributed by atoms with Gasteiger partial charge in [0.15, 0.2) is 0 Å². The molecule has 2 unspecified atom stereocenters. The Morgan fingerprint density at radius 1 is 1.42 bits per heavy atom. The summed E-state index contributed by atoms with van der Waals surface area (Å²) < 4.78 is 28.6. The van der Waals surface area contributed by atoms with E-state index in [-0.39, 0.29) is 30.9 Å². The van der Waals surface area contributed by atoms with Gasteiger partial charge < -0.3 is 15.0 Å². The van der Waals surface area contributed by atoms with Gasteiger partial charge >= 0.3 is 0 Å². The first-order valence-corrected chi connectivity index (χ1v) is 6.47. The molecule has 5 nitrogen and oxygen atoms in total. The quantitative estimate of drug-likeness (QED) is 0.714. The van der Waals surface area contributed by atoms with Crippen LogP contribution in [0.4, 0.5) is 8.78 Å². The van der Waals surface area contributed by atoms with Crippen LogP contribution in [0.5, 0.6) is 0 Å². The van der Waals surface area contributed by atoms with E-state index in [1.807, 2.05) is 0 Å². The number of ether oxygens (including phenoxy) is 1. The summed E-state index contributed by atoms with van der Waals surface area (Å²) in [5.74, 6) is -0.0889. The van der Waals surface area contributed by atoms with E-state index >= 15 is 0 Å². The molecule has 1 aliphatic carbocycles. The van der Waals surface area contributed by atoms with E-state index in [4.69, 9.17) is 4.74 Å². The first-order valence-electron chi connectivity index (χ1n) is 6.47. The predicted molar refractivity (Wildman–Crippen MR) is 62.7 cm³/mol. The molecule has 2 atom stereocenters. The highest BCUT2D eigenvalue weighted by molar-refractivity contribution is 5.97. The van der Waals surface area contributed by atoms with Gasteiger partial charge in [-0.25, -0.2) is 8.78 Å². The minimum absolute atomic E-state index is 0.0189. The second-order valence-corrected chi connectivity index (χ2v) is 5.00. The number of carbonyl (C=O) groups is 2. The lowest BCUT2D eigenvalue weighted by atomic mass is 10.0. The van der Waals surface area contributed by atoms with Crippen LogP contribution in [-0.4, -0.2) is 55.0 Å². The van der Waals surface area contributed by atoms with E-state index in [1.54, 1.807) is 6.92 Å². The van der Waals surface area contributed by atoms with Crippen molar-refractivity contribution in [1.82, 2.24) is 10.2 Å². The van der Waals surface area contributed by atoms with Crippen LogP contribution >= 0.6 is 0 Å². The molecule has 0 aromatic heterocycles. The van der Waals surface area contributed by atoms with Crippen molar-refractivity contribution in [3.05, 3.63) is 0 Å². The Balaban J connectivity index is 1.88. The van der Waals surface area contributed by atoms with Crippen LogP contribution < -0.4 is 5.32 Å². The van der Waals surface area contributed by atoms with Crippen molar-refractivity contribution in [2.45, 2.75) is 38.3 Å². The Hall–Kier alpha value is -1.24. The maximum atomic E-state index is 12.2. The number of piperazine rings is 1. The van der Waals surface area contributed by atoms with Crippen molar-refractivity contribution in [3.63, 3.8) is 0 Å². The van der Waals surface area contributed by atoms with Crippen molar-refractivity contribution >= 4 is 11.8 Å². The number of carbonyl (C=O) groups excluding carboxylic acids is 2. The molecule has 1 aliphatic heterocycles.